The van der Waals surface area contributed by atoms with Crippen molar-refractivity contribution in [3.05, 3.63) is 59.8 Å². The molecule has 1 N–H and O–H groups in total. The molecule has 3 rings (SSSR count). The molecule has 0 amide bonds. The molecule has 4 heteroatoms. The number of fused-ring (bicyclic) bond motifs is 1. The van der Waals surface area contributed by atoms with Crippen LogP contribution in [0.2, 0.25) is 0 Å². The first kappa shape index (κ1) is 12.9. The SMILES string of the molecule is Cc1ccc(S(=O)(=O)c2c(C)[nH]c3ccccc23)cc1. The van der Waals surface area contributed by atoms with E-state index in [0.29, 0.717) is 15.5 Å². The third-order valence-electron chi connectivity index (χ3n) is 3.43. The second-order valence-corrected chi connectivity index (χ2v) is 6.83. The lowest BCUT2D eigenvalue weighted by molar-refractivity contribution is 0.596. The molecule has 0 atom stereocenters. The van der Waals surface area contributed by atoms with Gasteiger partial charge in [0, 0.05) is 16.6 Å². The maximum absolute atomic E-state index is 12.8. The number of rotatable bonds is 2. The van der Waals surface area contributed by atoms with Crippen LogP contribution in [-0.2, 0) is 9.84 Å². The van der Waals surface area contributed by atoms with Crippen LogP contribution in [-0.4, -0.2) is 13.4 Å². The minimum Gasteiger partial charge on any atom is -0.358 e. The predicted octanol–water partition coefficient (Wildman–Crippen LogP) is 3.62. The number of H-pyrrole nitrogens is 1. The zero-order valence-electron chi connectivity index (χ0n) is 11.3. The van der Waals surface area contributed by atoms with E-state index in [0.717, 1.165) is 16.5 Å². The second-order valence-electron chi connectivity index (χ2n) is 4.94. The van der Waals surface area contributed by atoms with Crippen LogP contribution in [0.5, 0.6) is 0 Å². The monoisotopic (exact) mass is 285 g/mol. The Morgan fingerprint density at radius 3 is 2.25 bits per heavy atom. The van der Waals surface area contributed by atoms with Crippen molar-refractivity contribution in [3.63, 3.8) is 0 Å². The summed E-state index contributed by atoms with van der Waals surface area (Å²) in [5.74, 6) is 0. The van der Waals surface area contributed by atoms with Crippen LogP contribution < -0.4 is 0 Å². The van der Waals surface area contributed by atoms with Crippen LogP contribution in [0.4, 0.5) is 0 Å². The van der Waals surface area contributed by atoms with E-state index in [1.165, 1.54) is 0 Å². The van der Waals surface area contributed by atoms with Gasteiger partial charge in [-0.2, -0.15) is 0 Å². The van der Waals surface area contributed by atoms with E-state index < -0.39 is 9.84 Å². The first-order chi connectivity index (χ1) is 9.50. The first-order valence-corrected chi connectivity index (χ1v) is 7.87. The average Bonchev–Trinajstić information content (AvgIpc) is 2.75. The molecule has 0 spiro atoms. The predicted molar refractivity (Wildman–Crippen MR) is 79.7 cm³/mol. The first-order valence-electron chi connectivity index (χ1n) is 6.39. The van der Waals surface area contributed by atoms with E-state index in [2.05, 4.69) is 4.98 Å². The Morgan fingerprint density at radius 1 is 0.900 bits per heavy atom. The van der Waals surface area contributed by atoms with Gasteiger partial charge in [-0.05, 0) is 32.0 Å². The topological polar surface area (TPSA) is 49.9 Å². The Kier molecular flexibility index (Phi) is 2.91. The zero-order valence-corrected chi connectivity index (χ0v) is 12.2. The van der Waals surface area contributed by atoms with Crippen LogP contribution >= 0.6 is 0 Å². The van der Waals surface area contributed by atoms with Crippen molar-refractivity contribution in [1.29, 1.82) is 0 Å². The van der Waals surface area contributed by atoms with Crippen molar-refractivity contribution >= 4 is 20.7 Å². The van der Waals surface area contributed by atoms with Gasteiger partial charge in [0.2, 0.25) is 9.84 Å². The summed E-state index contributed by atoms with van der Waals surface area (Å²) in [5, 5.41) is 0.741. The fourth-order valence-corrected chi connectivity index (χ4v) is 4.08. The number of sulfone groups is 1. The lowest BCUT2D eigenvalue weighted by Gasteiger charge is -2.05. The number of aromatic amines is 1. The van der Waals surface area contributed by atoms with Crippen molar-refractivity contribution in [2.45, 2.75) is 23.6 Å². The standard InChI is InChI=1S/C16H15NO2S/c1-11-7-9-13(10-8-11)20(18,19)16-12(2)17-15-6-4-3-5-14(15)16/h3-10,17H,1-2H3. The fraction of sp³-hybridized carbons (Fsp3) is 0.125. The van der Waals surface area contributed by atoms with E-state index >= 15 is 0 Å². The molecule has 2 aromatic carbocycles. The number of nitrogens with one attached hydrogen (secondary N) is 1. The van der Waals surface area contributed by atoms with Crippen molar-refractivity contribution in [3.8, 4) is 0 Å². The number of aryl methyl sites for hydroxylation is 2. The number of hydrogen-bond acceptors (Lipinski definition) is 2. The van der Waals surface area contributed by atoms with Crippen LogP contribution in [0, 0.1) is 13.8 Å². The summed E-state index contributed by atoms with van der Waals surface area (Å²) in [7, 11) is -3.50. The fourth-order valence-electron chi connectivity index (χ4n) is 2.43. The van der Waals surface area contributed by atoms with E-state index in [1.807, 2.05) is 43.3 Å². The minimum absolute atomic E-state index is 0.330. The average molecular weight is 285 g/mol. The molecule has 3 nitrogen and oxygen atoms in total. The third kappa shape index (κ3) is 1.93. The number of para-hydroxylation sites is 1. The summed E-state index contributed by atoms with van der Waals surface area (Å²) in [5.41, 5.74) is 2.56. The zero-order chi connectivity index (χ0) is 14.3. The van der Waals surface area contributed by atoms with Gasteiger partial charge in [-0.3, -0.25) is 0 Å². The van der Waals surface area contributed by atoms with Gasteiger partial charge in [0.1, 0.15) is 0 Å². The lowest BCUT2D eigenvalue weighted by Crippen LogP contribution is -2.03. The van der Waals surface area contributed by atoms with Gasteiger partial charge in [0.05, 0.1) is 9.79 Å². The molecule has 0 aliphatic heterocycles. The third-order valence-corrected chi connectivity index (χ3v) is 5.39. The summed E-state index contributed by atoms with van der Waals surface area (Å²) in [6.07, 6.45) is 0. The molecule has 102 valence electrons. The highest BCUT2D eigenvalue weighted by Crippen LogP contribution is 2.31. The highest BCUT2D eigenvalue weighted by atomic mass is 32.2. The minimum atomic E-state index is -3.50. The van der Waals surface area contributed by atoms with E-state index in [9.17, 15) is 8.42 Å². The Morgan fingerprint density at radius 2 is 1.55 bits per heavy atom. The van der Waals surface area contributed by atoms with Crippen molar-refractivity contribution < 1.29 is 8.42 Å². The number of benzene rings is 2. The summed E-state index contributed by atoms with van der Waals surface area (Å²) < 4.78 is 25.6. The molecular weight excluding hydrogens is 270 g/mol. The second kappa shape index (κ2) is 4.49. The highest BCUT2D eigenvalue weighted by Gasteiger charge is 2.24. The molecule has 0 saturated carbocycles. The van der Waals surface area contributed by atoms with Crippen LogP contribution in [0.3, 0.4) is 0 Å². The number of aromatic nitrogens is 1. The lowest BCUT2D eigenvalue weighted by atomic mass is 10.2. The van der Waals surface area contributed by atoms with Crippen LogP contribution in [0.15, 0.2) is 58.3 Å². The molecule has 0 fully saturated rings. The molecule has 0 bridgehead atoms. The molecule has 0 saturated heterocycles. The van der Waals surface area contributed by atoms with Gasteiger partial charge < -0.3 is 4.98 Å². The highest BCUT2D eigenvalue weighted by molar-refractivity contribution is 7.91. The number of hydrogen-bond donors (Lipinski definition) is 1. The summed E-state index contributed by atoms with van der Waals surface area (Å²) >= 11 is 0. The summed E-state index contributed by atoms with van der Waals surface area (Å²) in [6.45, 7) is 3.73. The largest absolute Gasteiger partial charge is 0.358 e. The molecule has 0 unspecified atom stereocenters. The van der Waals surface area contributed by atoms with E-state index in [4.69, 9.17) is 0 Å². The van der Waals surface area contributed by atoms with Gasteiger partial charge >= 0.3 is 0 Å². The smallest absolute Gasteiger partial charge is 0.208 e. The molecule has 20 heavy (non-hydrogen) atoms. The van der Waals surface area contributed by atoms with Crippen LogP contribution in [0.25, 0.3) is 10.9 Å². The van der Waals surface area contributed by atoms with Gasteiger partial charge in [0.15, 0.2) is 0 Å². The van der Waals surface area contributed by atoms with Crippen molar-refractivity contribution in [2.75, 3.05) is 0 Å². The quantitative estimate of drug-likeness (QED) is 0.782. The van der Waals surface area contributed by atoms with E-state index in [1.54, 1.807) is 19.1 Å². The molecule has 0 aliphatic carbocycles. The Labute approximate surface area is 118 Å². The Hall–Kier alpha value is -2.07. The molecule has 0 aliphatic rings. The van der Waals surface area contributed by atoms with Gasteiger partial charge in [-0.1, -0.05) is 35.9 Å². The molecule has 1 heterocycles. The van der Waals surface area contributed by atoms with Crippen molar-refractivity contribution in [1.82, 2.24) is 4.98 Å². The van der Waals surface area contributed by atoms with Crippen LogP contribution in [0.1, 0.15) is 11.3 Å². The maximum Gasteiger partial charge on any atom is 0.208 e. The Balaban J connectivity index is 2.29. The van der Waals surface area contributed by atoms with Gasteiger partial charge in [0.25, 0.3) is 0 Å². The van der Waals surface area contributed by atoms with Crippen molar-refractivity contribution in [2.24, 2.45) is 0 Å². The maximum atomic E-state index is 12.8. The molecule has 3 aromatic rings. The molecular formula is C16H15NO2S. The van der Waals surface area contributed by atoms with Gasteiger partial charge in [-0.15, -0.1) is 0 Å². The Bertz CT molecular complexity index is 874. The summed E-state index contributed by atoms with van der Waals surface area (Å²) in [6, 6.07) is 14.4. The van der Waals surface area contributed by atoms with E-state index in [-0.39, 0.29) is 0 Å². The normalized spacial score (nSPS) is 11.9. The molecule has 0 radical (unpaired) electrons. The summed E-state index contributed by atoms with van der Waals surface area (Å²) in [4.78, 5) is 3.84. The molecule has 1 aromatic heterocycles. The van der Waals surface area contributed by atoms with Gasteiger partial charge in [-0.25, -0.2) is 8.42 Å².